The molecule has 4 rings (SSSR count). The van der Waals surface area contributed by atoms with Crippen LogP contribution < -0.4 is 10.1 Å². The summed E-state index contributed by atoms with van der Waals surface area (Å²) in [6, 6.07) is 12.9. The molecule has 0 aliphatic heterocycles. The summed E-state index contributed by atoms with van der Waals surface area (Å²) in [4.78, 5) is 34.6. The minimum absolute atomic E-state index is 0.351. The van der Waals surface area contributed by atoms with Crippen molar-refractivity contribution >= 4 is 28.3 Å². The summed E-state index contributed by atoms with van der Waals surface area (Å²) in [5.41, 5.74) is 5.51. The van der Waals surface area contributed by atoms with Crippen LogP contribution in [0.1, 0.15) is 32.9 Å². The van der Waals surface area contributed by atoms with Gasteiger partial charge >= 0.3 is 0 Å². The van der Waals surface area contributed by atoms with Gasteiger partial charge in [-0.3, -0.25) is 14.6 Å². The number of carbonyl (C=O) groups excluding carboxylic acids is 2. The Morgan fingerprint density at radius 3 is 2.50 bits per heavy atom. The van der Waals surface area contributed by atoms with Gasteiger partial charge in [-0.05, 0) is 62.2 Å². The van der Waals surface area contributed by atoms with E-state index in [2.05, 4.69) is 21.4 Å². The first-order valence-corrected chi connectivity index (χ1v) is 10.2. The lowest BCUT2D eigenvalue weighted by Crippen LogP contribution is -2.23. The molecule has 0 radical (unpaired) electrons. The molecule has 32 heavy (non-hydrogen) atoms. The number of pyridine rings is 2. The van der Waals surface area contributed by atoms with Crippen LogP contribution in [0.2, 0.25) is 0 Å². The van der Waals surface area contributed by atoms with Gasteiger partial charge in [0.25, 0.3) is 11.7 Å². The number of aryl methyl sites for hydroxylation is 2. The van der Waals surface area contributed by atoms with Crippen molar-refractivity contribution in [3.8, 4) is 5.88 Å². The Kier molecular flexibility index (Phi) is 5.73. The van der Waals surface area contributed by atoms with Crippen molar-refractivity contribution in [2.75, 3.05) is 12.4 Å². The second-order valence-electron chi connectivity index (χ2n) is 7.69. The van der Waals surface area contributed by atoms with Gasteiger partial charge in [0.05, 0.1) is 24.9 Å². The summed E-state index contributed by atoms with van der Waals surface area (Å²) < 4.78 is 7.13. The van der Waals surface area contributed by atoms with Crippen molar-refractivity contribution in [1.82, 2.24) is 14.5 Å². The summed E-state index contributed by atoms with van der Waals surface area (Å²) in [7, 11) is 1.49. The fraction of sp³-hybridized carbons (Fsp3) is 0.200. The second kappa shape index (κ2) is 8.63. The Morgan fingerprint density at radius 2 is 1.78 bits per heavy atom. The predicted octanol–water partition coefficient (Wildman–Crippen LogP) is 4.23. The zero-order chi connectivity index (χ0) is 22.8. The largest absolute Gasteiger partial charge is 0.481 e. The number of aromatic nitrogens is 3. The molecule has 0 unspecified atom stereocenters. The van der Waals surface area contributed by atoms with Gasteiger partial charge in [-0.1, -0.05) is 6.07 Å². The van der Waals surface area contributed by atoms with Crippen LogP contribution >= 0.6 is 0 Å². The average molecular weight is 428 g/mol. The molecule has 0 aliphatic rings. The maximum Gasteiger partial charge on any atom is 0.296 e. The molecule has 3 heterocycles. The number of nitrogens with zero attached hydrogens (tertiary/aromatic N) is 3. The number of anilines is 1. The first kappa shape index (κ1) is 21.2. The Morgan fingerprint density at radius 1 is 1.00 bits per heavy atom. The molecule has 0 saturated carbocycles. The van der Waals surface area contributed by atoms with E-state index in [-0.39, 0.29) is 0 Å². The summed E-state index contributed by atoms with van der Waals surface area (Å²) in [5, 5.41) is 3.42. The van der Waals surface area contributed by atoms with Crippen molar-refractivity contribution in [3.05, 3.63) is 82.9 Å². The number of ketones is 1. The Labute approximate surface area is 186 Å². The van der Waals surface area contributed by atoms with Crippen molar-refractivity contribution in [2.24, 2.45) is 0 Å². The first-order valence-electron chi connectivity index (χ1n) is 10.2. The maximum absolute atomic E-state index is 13.3. The number of methoxy groups -OCH3 is 1. The van der Waals surface area contributed by atoms with E-state index in [1.165, 1.54) is 13.3 Å². The molecule has 7 heteroatoms. The van der Waals surface area contributed by atoms with Crippen LogP contribution in [0, 0.1) is 20.8 Å². The van der Waals surface area contributed by atoms with Crippen LogP contribution in [0.15, 0.2) is 54.9 Å². The highest BCUT2D eigenvalue weighted by Crippen LogP contribution is 2.30. The standard InChI is InChI=1S/C25H24N4O3/c1-15-11-20-21(12-16(15)2)29(14-19-7-5-6-9-26-19)17(3)23(20)24(30)25(31)28-18-8-10-27-22(13-18)32-4/h5-13H,14H2,1-4H3,(H,27,28,31). The van der Waals surface area contributed by atoms with Gasteiger partial charge in [-0.15, -0.1) is 0 Å². The molecular weight excluding hydrogens is 404 g/mol. The quantitative estimate of drug-likeness (QED) is 0.367. The molecule has 0 saturated heterocycles. The van der Waals surface area contributed by atoms with Gasteiger partial charge in [0.2, 0.25) is 5.88 Å². The molecular formula is C25H24N4O3. The van der Waals surface area contributed by atoms with Gasteiger partial charge in [0, 0.05) is 40.7 Å². The van der Waals surface area contributed by atoms with Crippen LogP contribution in [0.3, 0.4) is 0 Å². The number of benzene rings is 1. The third-order valence-corrected chi connectivity index (χ3v) is 5.62. The first-order chi connectivity index (χ1) is 15.4. The lowest BCUT2D eigenvalue weighted by Gasteiger charge is -2.09. The lowest BCUT2D eigenvalue weighted by atomic mass is 10.0. The Balaban J connectivity index is 1.77. The number of rotatable bonds is 6. The molecule has 0 fully saturated rings. The molecule has 0 spiro atoms. The zero-order valence-corrected chi connectivity index (χ0v) is 18.5. The van der Waals surface area contributed by atoms with Crippen LogP contribution in [-0.4, -0.2) is 33.3 Å². The monoisotopic (exact) mass is 428 g/mol. The molecule has 3 aromatic heterocycles. The average Bonchev–Trinajstić information content (AvgIpc) is 3.04. The maximum atomic E-state index is 13.3. The van der Waals surface area contributed by atoms with E-state index in [4.69, 9.17) is 4.74 Å². The van der Waals surface area contributed by atoms with E-state index in [0.29, 0.717) is 23.7 Å². The highest BCUT2D eigenvalue weighted by Gasteiger charge is 2.26. The SMILES string of the molecule is COc1cc(NC(=O)C(=O)c2c(C)n(Cc3ccccn3)c3cc(C)c(C)cc23)ccn1. The van der Waals surface area contributed by atoms with Crippen LogP contribution in [-0.2, 0) is 11.3 Å². The number of nitrogens with one attached hydrogen (secondary N) is 1. The van der Waals surface area contributed by atoms with E-state index in [0.717, 1.165) is 33.4 Å². The highest BCUT2D eigenvalue weighted by atomic mass is 16.5. The third-order valence-electron chi connectivity index (χ3n) is 5.62. The van der Waals surface area contributed by atoms with Crippen molar-refractivity contribution in [1.29, 1.82) is 0 Å². The predicted molar refractivity (Wildman–Crippen MR) is 123 cm³/mol. The molecule has 4 aromatic rings. The van der Waals surface area contributed by atoms with E-state index < -0.39 is 11.7 Å². The summed E-state index contributed by atoms with van der Waals surface area (Å²) in [6.45, 7) is 6.40. The molecule has 0 aliphatic carbocycles. The summed E-state index contributed by atoms with van der Waals surface area (Å²) in [5.74, 6) is -0.952. The molecule has 0 bridgehead atoms. The Hall–Kier alpha value is -4.00. The Bertz CT molecular complexity index is 1330. The van der Waals surface area contributed by atoms with E-state index in [1.54, 1.807) is 18.3 Å². The van der Waals surface area contributed by atoms with E-state index in [1.807, 2.05) is 49.6 Å². The van der Waals surface area contributed by atoms with Crippen LogP contribution in [0.5, 0.6) is 5.88 Å². The third kappa shape index (κ3) is 3.97. The molecule has 1 N–H and O–H groups in total. The van der Waals surface area contributed by atoms with Crippen molar-refractivity contribution in [3.63, 3.8) is 0 Å². The fourth-order valence-electron chi connectivity index (χ4n) is 3.78. The fourth-order valence-corrected chi connectivity index (χ4v) is 3.78. The molecule has 7 nitrogen and oxygen atoms in total. The van der Waals surface area contributed by atoms with E-state index >= 15 is 0 Å². The van der Waals surface area contributed by atoms with Gasteiger partial charge in [0.15, 0.2) is 0 Å². The van der Waals surface area contributed by atoms with E-state index in [9.17, 15) is 9.59 Å². The lowest BCUT2D eigenvalue weighted by molar-refractivity contribution is -0.112. The highest BCUT2D eigenvalue weighted by molar-refractivity contribution is 6.48. The van der Waals surface area contributed by atoms with Crippen LogP contribution in [0.25, 0.3) is 10.9 Å². The van der Waals surface area contributed by atoms with Gasteiger partial charge < -0.3 is 14.6 Å². The van der Waals surface area contributed by atoms with Gasteiger partial charge in [-0.2, -0.15) is 0 Å². The van der Waals surface area contributed by atoms with Gasteiger partial charge in [0.1, 0.15) is 0 Å². The molecule has 162 valence electrons. The number of ether oxygens (including phenoxy) is 1. The molecule has 0 atom stereocenters. The topological polar surface area (TPSA) is 86.1 Å². The minimum Gasteiger partial charge on any atom is -0.481 e. The van der Waals surface area contributed by atoms with Crippen LogP contribution in [0.4, 0.5) is 5.69 Å². The number of carbonyl (C=O) groups is 2. The van der Waals surface area contributed by atoms with Crippen molar-refractivity contribution in [2.45, 2.75) is 27.3 Å². The minimum atomic E-state index is -0.712. The number of hydrogen-bond donors (Lipinski definition) is 1. The number of hydrogen-bond acceptors (Lipinski definition) is 5. The smallest absolute Gasteiger partial charge is 0.296 e. The number of Topliss-reactive ketones (excluding diaryl/α,β-unsaturated/α-hetero) is 1. The zero-order valence-electron chi connectivity index (χ0n) is 18.5. The molecule has 1 amide bonds. The summed E-state index contributed by atoms with van der Waals surface area (Å²) in [6.07, 6.45) is 3.25. The molecule has 1 aromatic carbocycles. The normalized spacial score (nSPS) is 10.9. The number of fused-ring (bicyclic) bond motifs is 1. The second-order valence-corrected chi connectivity index (χ2v) is 7.69. The summed E-state index contributed by atoms with van der Waals surface area (Å²) >= 11 is 0. The number of amides is 1. The van der Waals surface area contributed by atoms with Crippen molar-refractivity contribution < 1.29 is 14.3 Å². The van der Waals surface area contributed by atoms with Gasteiger partial charge in [-0.25, -0.2) is 4.98 Å².